The van der Waals surface area contributed by atoms with Gasteiger partial charge < -0.3 is 5.11 Å². The number of phenolic OH excluding ortho intramolecular Hbond substituents is 1. The fourth-order valence-corrected chi connectivity index (χ4v) is 4.13. The lowest BCUT2D eigenvalue weighted by Crippen LogP contribution is -1.98. The second kappa shape index (κ2) is 11.6. The molecule has 2 heterocycles. The van der Waals surface area contributed by atoms with Crippen molar-refractivity contribution in [3.05, 3.63) is 107 Å². The molecule has 0 saturated carbocycles. The molecule has 0 aliphatic heterocycles. The highest BCUT2D eigenvalue weighted by Gasteiger charge is 2.06. The summed E-state index contributed by atoms with van der Waals surface area (Å²) >= 11 is 6.00. The summed E-state index contributed by atoms with van der Waals surface area (Å²) in [4.78, 5) is 13.4. The average molecular weight is 458 g/mol. The number of hydrogen-bond donors (Lipinski definition) is 1. The first-order valence-corrected chi connectivity index (χ1v) is 11.8. The number of aromatic hydroxyl groups is 1. The van der Waals surface area contributed by atoms with Gasteiger partial charge in [0.15, 0.2) is 0 Å². The molecule has 5 heteroatoms. The van der Waals surface area contributed by atoms with Gasteiger partial charge in [-0.1, -0.05) is 41.9 Å². The van der Waals surface area contributed by atoms with Crippen LogP contribution in [0.1, 0.15) is 41.8 Å². The van der Waals surface area contributed by atoms with Gasteiger partial charge in [0.25, 0.3) is 0 Å². The van der Waals surface area contributed by atoms with Gasteiger partial charge in [-0.3, -0.25) is 4.98 Å². The van der Waals surface area contributed by atoms with Crippen molar-refractivity contribution in [2.45, 2.75) is 44.9 Å². The SMILES string of the molecule is Oc1ccc(CCCc2nccc(-c3cccc(CCCCc4cccnc4)c3)n2)cc1Cl. The van der Waals surface area contributed by atoms with Crippen LogP contribution in [0.3, 0.4) is 0 Å². The van der Waals surface area contributed by atoms with Crippen molar-refractivity contribution >= 4 is 11.6 Å². The van der Waals surface area contributed by atoms with E-state index in [1.54, 1.807) is 6.07 Å². The molecule has 168 valence electrons. The minimum Gasteiger partial charge on any atom is -0.506 e. The molecule has 0 radical (unpaired) electrons. The number of halogens is 1. The smallest absolute Gasteiger partial charge is 0.134 e. The number of unbranched alkanes of at least 4 members (excludes halogenated alkanes) is 1. The molecule has 0 unspecified atom stereocenters. The third-order valence-electron chi connectivity index (χ3n) is 5.71. The molecule has 0 amide bonds. The molecular formula is C28H28ClN3O. The predicted octanol–water partition coefficient (Wildman–Crippen LogP) is 6.64. The van der Waals surface area contributed by atoms with E-state index in [4.69, 9.17) is 16.6 Å². The molecule has 0 saturated heterocycles. The molecule has 33 heavy (non-hydrogen) atoms. The molecular weight excluding hydrogens is 430 g/mol. The normalized spacial score (nSPS) is 10.9. The predicted molar refractivity (Wildman–Crippen MR) is 133 cm³/mol. The summed E-state index contributed by atoms with van der Waals surface area (Å²) < 4.78 is 0. The van der Waals surface area contributed by atoms with Gasteiger partial charge in [0, 0.05) is 30.6 Å². The summed E-state index contributed by atoms with van der Waals surface area (Å²) in [5.74, 6) is 0.964. The minimum absolute atomic E-state index is 0.118. The molecule has 0 aliphatic rings. The largest absolute Gasteiger partial charge is 0.506 e. The molecule has 4 rings (SSSR count). The molecule has 0 fully saturated rings. The van der Waals surface area contributed by atoms with Crippen LogP contribution in [0.25, 0.3) is 11.3 Å². The van der Waals surface area contributed by atoms with Crippen LogP contribution in [-0.2, 0) is 25.7 Å². The van der Waals surface area contributed by atoms with Crippen molar-refractivity contribution in [1.82, 2.24) is 15.0 Å². The number of hydrogen-bond acceptors (Lipinski definition) is 4. The van der Waals surface area contributed by atoms with E-state index >= 15 is 0 Å². The van der Waals surface area contributed by atoms with Gasteiger partial charge in [-0.05, 0) is 85.5 Å². The zero-order valence-corrected chi connectivity index (χ0v) is 19.4. The lowest BCUT2D eigenvalue weighted by molar-refractivity contribution is 0.475. The molecule has 2 aromatic carbocycles. The number of pyridine rings is 1. The van der Waals surface area contributed by atoms with Crippen molar-refractivity contribution in [2.24, 2.45) is 0 Å². The Morgan fingerprint density at radius 3 is 2.33 bits per heavy atom. The second-order valence-corrected chi connectivity index (χ2v) is 8.67. The summed E-state index contributed by atoms with van der Waals surface area (Å²) in [6.45, 7) is 0. The summed E-state index contributed by atoms with van der Waals surface area (Å²) in [7, 11) is 0. The Morgan fingerprint density at radius 2 is 1.52 bits per heavy atom. The number of benzene rings is 2. The van der Waals surface area contributed by atoms with Crippen molar-refractivity contribution in [2.75, 3.05) is 0 Å². The molecule has 0 atom stereocenters. The maximum Gasteiger partial charge on any atom is 0.134 e. The first-order chi connectivity index (χ1) is 16.2. The fraction of sp³-hybridized carbons (Fsp3) is 0.250. The average Bonchev–Trinajstić information content (AvgIpc) is 2.85. The molecule has 0 aliphatic carbocycles. The molecule has 4 nitrogen and oxygen atoms in total. The monoisotopic (exact) mass is 457 g/mol. The van der Waals surface area contributed by atoms with Crippen LogP contribution in [0.15, 0.2) is 79.3 Å². The first kappa shape index (κ1) is 22.9. The van der Waals surface area contributed by atoms with Gasteiger partial charge in [0.2, 0.25) is 0 Å². The van der Waals surface area contributed by atoms with Crippen molar-refractivity contribution in [3.8, 4) is 17.0 Å². The maximum absolute atomic E-state index is 9.56. The zero-order chi connectivity index (χ0) is 22.9. The van der Waals surface area contributed by atoms with Gasteiger partial charge in [-0.15, -0.1) is 0 Å². The van der Waals surface area contributed by atoms with E-state index in [9.17, 15) is 5.11 Å². The molecule has 0 bridgehead atoms. The number of aromatic nitrogens is 3. The number of nitrogens with zero attached hydrogens (tertiary/aromatic N) is 3. The highest BCUT2D eigenvalue weighted by molar-refractivity contribution is 6.32. The lowest BCUT2D eigenvalue weighted by atomic mass is 10.0. The highest BCUT2D eigenvalue weighted by Crippen LogP contribution is 2.24. The Kier molecular flexibility index (Phi) is 8.04. The van der Waals surface area contributed by atoms with Gasteiger partial charge in [0.05, 0.1) is 10.7 Å². The number of phenols is 1. The van der Waals surface area contributed by atoms with E-state index in [0.29, 0.717) is 5.02 Å². The number of rotatable bonds is 10. The number of aryl methyl sites for hydroxylation is 4. The van der Waals surface area contributed by atoms with Crippen LogP contribution in [-0.4, -0.2) is 20.1 Å². The third kappa shape index (κ3) is 6.87. The van der Waals surface area contributed by atoms with E-state index in [2.05, 4.69) is 40.3 Å². The van der Waals surface area contributed by atoms with Crippen LogP contribution in [0.5, 0.6) is 5.75 Å². The van der Waals surface area contributed by atoms with E-state index in [0.717, 1.165) is 67.6 Å². The fourth-order valence-electron chi connectivity index (χ4n) is 3.93. The first-order valence-electron chi connectivity index (χ1n) is 11.4. The Balaban J connectivity index is 1.31. The van der Waals surface area contributed by atoms with Crippen molar-refractivity contribution in [1.29, 1.82) is 0 Å². The Labute approximate surface area is 200 Å². The summed E-state index contributed by atoms with van der Waals surface area (Å²) in [6.07, 6.45) is 12.6. The van der Waals surface area contributed by atoms with Crippen molar-refractivity contribution in [3.63, 3.8) is 0 Å². The van der Waals surface area contributed by atoms with Gasteiger partial charge in [-0.25, -0.2) is 9.97 Å². The third-order valence-corrected chi connectivity index (χ3v) is 6.01. The van der Waals surface area contributed by atoms with Crippen LogP contribution < -0.4 is 0 Å². The summed E-state index contributed by atoms with van der Waals surface area (Å²) in [5, 5.41) is 9.95. The van der Waals surface area contributed by atoms with Gasteiger partial charge >= 0.3 is 0 Å². The van der Waals surface area contributed by atoms with E-state index in [-0.39, 0.29) is 5.75 Å². The van der Waals surface area contributed by atoms with E-state index in [1.807, 2.05) is 42.9 Å². The van der Waals surface area contributed by atoms with E-state index < -0.39 is 0 Å². The van der Waals surface area contributed by atoms with Gasteiger partial charge in [0.1, 0.15) is 11.6 Å². The lowest BCUT2D eigenvalue weighted by Gasteiger charge is -2.07. The standard InChI is InChI=1S/C28H28ClN3O/c29-25-19-22(13-14-27(25)33)9-4-12-28-31-17-15-26(32-28)24-11-3-8-21(18-24)6-1-2-7-23-10-5-16-30-20-23/h3,5,8,10-11,13-20,33H,1-2,4,6-7,9,12H2. The molecule has 4 aromatic rings. The molecule has 0 spiro atoms. The van der Waals surface area contributed by atoms with Crippen LogP contribution in [0.2, 0.25) is 5.02 Å². The quantitative estimate of drug-likeness (QED) is 0.271. The topological polar surface area (TPSA) is 58.9 Å². The highest BCUT2D eigenvalue weighted by atomic mass is 35.5. The summed E-state index contributed by atoms with van der Waals surface area (Å²) in [6, 6.07) is 20.1. The van der Waals surface area contributed by atoms with Crippen molar-refractivity contribution < 1.29 is 5.11 Å². The van der Waals surface area contributed by atoms with Gasteiger partial charge in [-0.2, -0.15) is 0 Å². The zero-order valence-electron chi connectivity index (χ0n) is 18.6. The maximum atomic E-state index is 9.56. The molecule has 1 N–H and O–H groups in total. The van der Waals surface area contributed by atoms with Crippen LogP contribution in [0, 0.1) is 0 Å². The summed E-state index contributed by atoms with van der Waals surface area (Å²) in [5.41, 5.74) is 5.83. The Morgan fingerprint density at radius 1 is 0.727 bits per heavy atom. The van der Waals surface area contributed by atoms with E-state index in [1.165, 1.54) is 11.1 Å². The minimum atomic E-state index is 0.118. The second-order valence-electron chi connectivity index (χ2n) is 8.27. The Hall–Kier alpha value is -3.24. The molecule has 2 aromatic heterocycles. The van der Waals surface area contributed by atoms with Crippen LogP contribution >= 0.6 is 11.6 Å². The Bertz CT molecular complexity index is 1180. The van der Waals surface area contributed by atoms with Crippen LogP contribution in [0.4, 0.5) is 0 Å².